The molecule has 0 radical (unpaired) electrons. The molecule has 23 heavy (non-hydrogen) atoms. The third-order valence-corrected chi connectivity index (χ3v) is 3.61. The van der Waals surface area contributed by atoms with E-state index in [-0.39, 0.29) is 12.5 Å². The summed E-state index contributed by atoms with van der Waals surface area (Å²) >= 11 is 0. The summed E-state index contributed by atoms with van der Waals surface area (Å²) < 4.78 is 5.52. The van der Waals surface area contributed by atoms with E-state index in [0.29, 0.717) is 11.4 Å². The van der Waals surface area contributed by atoms with Crippen molar-refractivity contribution in [3.05, 3.63) is 66.4 Å². The molecule has 2 aromatic carbocycles. The Morgan fingerprint density at radius 2 is 1.87 bits per heavy atom. The topological polar surface area (TPSA) is 51.2 Å². The van der Waals surface area contributed by atoms with Gasteiger partial charge in [0.05, 0.1) is 11.2 Å². The van der Waals surface area contributed by atoms with E-state index in [9.17, 15) is 4.79 Å². The number of hydrogen-bond donors (Lipinski definition) is 1. The van der Waals surface area contributed by atoms with Crippen LogP contribution in [0.15, 0.2) is 60.8 Å². The van der Waals surface area contributed by atoms with E-state index in [1.165, 1.54) is 5.56 Å². The minimum Gasteiger partial charge on any atom is -0.484 e. The number of carbonyl (C=O) groups is 1. The lowest BCUT2D eigenvalue weighted by Crippen LogP contribution is -2.20. The number of amides is 1. The second kappa shape index (κ2) is 6.92. The average Bonchev–Trinajstić information content (AvgIpc) is 2.61. The van der Waals surface area contributed by atoms with Gasteiger partial charge in [-0.05, 0) is 36.2 Å². The van der Waals surface area contributed by atoms with Gasteiger partial charge in [0.25, 0.3) is 5.91 Å². The Hall–Kier alpha value is -2.88. The maximum Gasteiger partial charge on any atom is 0.262 e. The number of carbonyl (C=O) groups excluding carboxylic acids is 1. The van der Waals surface area contributed by atoms with E-state index in [2.05, 4.69) is 17.2 Å². The molecule has 0 spiro atoms. The number of fused-ring (bicyclic) bond motifs is 1. The molecule has 116 valence electrons. The predicted molar refractivity (Wildman–Crippen MR) is 91.7 cm³/mol. The molecule has 4 nitrogen and oxygen atoms in total. The highest BCUT2D eigenvalue weighted by molar-refractivity contribution is 6.00. The smallest absolute Gasteiger partial charge is 0.262 e. The fraction of sp³-hybridized carbons (Fsp3) is 0.158. The van der Waals surface area contributed by atoms with Crippen LogP contribution in [0, 0.1) is 0 Å². The highest BCUT2D eigenvalue weighted by atomic mass is 16.5. The fourth-order valence-corrected chi connectivity index (χ4v) is 2.36. The maximum atomic E-state index is 12.1. The third kappa shape index (κ3) is 3.66. The van der Waals surface area contributed by atoms with Crippen LogP contribution in [0.25, 0.3) is 10.9 Å². The van der Waals surface area contributed by atoms with E-state index in [1.54, 1.807) is 6.20 Å². The minimum atomic E-state index is -0.206. The largest absolute Gasteiger partial charge is 0.484 e. The molecule has 1 aromatic heterocycles. The molecule has 0 atom stereocenters. The molecule has 0 saturated carbocycles. The van der Waals surface area contributed by atoms with Gasteiger partial charge >= 0.3 is 0 Å². The Morgan fingerprint density at radius 3 is 2.65 bits per heavy atom. The van der Waals surface area contributed by atoms with E-state index in [0.717, 1.165) is 17.3 Å². The van der Waals surface area contributed by atoms with Crippen molar-refractivity contribution in [2.24, 2.45) is 0 Å². The lowest BCUT2D eigenvalue weighted by atomic mass is 10.2. The van der Waals surface area contributed by atoms with Crippen molar-refractivity contribution < 1.29 is 9.53 Å². The first-order chi connectivity index (χ1) is 11.3. The SMILES string of the molecule is CCc1ccc(OCC(=O)Nc2cccc3cccnc23)cc1. The molecule has 1 N–H and O–H groups in total. The summed E-state index contributed by atoms with van der Waals surface area (Å²) in [6.45, 7) is 2.07. The van der Waals surface area contributed by atoms with Crippen LogP contribution in [0.3, 0.4) is 0 Å². The van der Waals surface area contributed by atoms with Crippen LogP contribution in [0.1, 0.15) is 12.5 Å². The fourth-order valence-electron chi connectivity index (χ4n) is 2.36. The van der Waals surface area contributed by atoms with Crippen LogP contribution in [0.5, 0.6) is 5.75 Å². The first kappa shape index (κ1) is 15.0. The molecule has 3 aromatic rings. The van der Waals surface area contributed by atoms with Crippen molar-refractivity contribution in [3.63, 3.8) is 0 Å². The number of aromatic nitrogens is 1. The number of benzene rings is 2. The lowest BCUT2D eigenvalue weighted by molar-refractivity contribution is -0.118. The number of rotatable bonds is 5. The molecule has 0 saturated heterocycles. The van der Waals surface area contributed by atoms with Gasteiger partial charge in [0.2, 0.25) is 0 Å². The molecule has 3 rings (SSSR count). The Morgan fingerprint density at radius 1 is 1.09 bits per heavy atom. The van der Waals surface area contributed by atoms with Gasteiger partial charge in [0.1, 0.15) is 5.75 Å². The summed E-state index contributed by atoms with van der Waals surface area (Å²) in [4.78, 5) is 16.4. The van der Waals surface area contributed by atoms with Crippen molar-refractivity contribution in [1.29, 1.82) is 0 Å². The van der Waals surface area contributed by atoms with E-state index >= 15 is 0 Å². The zero-order valence-corrected chi connectivity index (χ0v) is 13.0. The zero-order valence-electron chi connectivity index (χ0n) is 13.0. The summed E-state index contributed by atoms with van der Waals surface area (Å²) in [5.74, 6) is 0.483. The number of para-hydroxylation sites is 1. The van der Waals surface area contributed by atoms with Gasteiger partial charge in [0.15, 0.2) is 6.61 Å². The van der Waals surface area contributed by atoms with Crippen LogP contribution < -0.4 is 10.1 Å². The number of anilines is 1. The minimum absolute atomic E-state index is 0.0330. The van der Waals surface area contributed by atoms with Crippen molar-refractivity contribution in [2.75, 3.05) is 11.9 Å². The third-order valence-electron chi connectivity index (χ3n) is 3.61. The Kier molecular flexibility index (Phi) is 4.52. The van der Waals surface area contributed by atoms with Crippen LogP contribution >= 0.6 is 0 Å². The van der Waals surface area contributed by atoms with Crippen LogP contribution in [-0.4, -0.2) is 17.5 Å². The quantitative estimate of drug-likeness (QED) is 0.779. The molecule has 0 unspecified atom stereocenters. The van der Waals surface area contributed by atoms with Crippen molar-refractivity contribution in [1.82, 2.24) is 4.98 Å². The normalized spacial score (nSPS) is 10.5. The molecule has 0 aliphatic rings. The van der Waals surface area contributed by atoms with Crippen LogP contribution in [-0.2, 0) is 11.2 Å². The monoisotopic (exact) mass is 306 g/mol. The summed E-state index contributed by atoms with van der Waals surface area (Å²) in [5, 5.41) is 3.84. The van der Waals surface area contributed by atoms with Gasteiger partial charge in [-0.2, -0.15) is 0 Å². The summed E-state index contributed by atoms with van der Waals surface area (Å²) in [6.07, 6.45) is 2.69. The maximum absolute atomic E-state index is 12.1. The van der Waals surface area contributed by atoms with Crippen LogP contribution in [0.2, 0.25) is 0 Å². The molecular formula is C19H18N2O2. The standard InChI is InChI=1S/C19H18N2O2/c1-2-14-8-10-16(11-9-14)23-13-18(22)21-17-7-3-5-15-6-4-12-20-19(15)17/h3-12H,2,13H2,1H3,(H,21,22). The number of hydrogen-bond acceptors (Lipinski definition) is 3. The summed E-state index contributed by atoms with van der Waals surface area (Å²) in [5.41, 5.74) is 2.71. The molecule has 0 fully saturated rings. The number of aryl methyl sites for hydroxylation is 1. The van der Waals surface area contributed by atoms with Gasteiger partial charge in [0, 0.05) is 11.6 Å². The average molecular weight is 306 g/mol. The Bertz CT molecular complexity index is 808. The van der Waals surface area contributed by atoms with Gasteiger partial charge in [-0.25, -0.2) is 0 Å². The zero-order chi connectivity index (χ0) is 16.1. The molecule has 1 heterocycles. The van der Waals surface area contributed by atoms with Crippen LogP contribution in [0.4, 0.5) is 5.69 Å². The lowest BCUT2D eigenvalue weighted by Gasteiger charge is -2.09. The van der Waals surface area contributed by atoms with Crippen molar-refractivity contribution >= 4 is 22.5 Å². The second-order valence-corrected chi connectivity index (χ2v) is 5.22. The van der Waals surface area contributed by atoms with E-state index in [4.69, 9.17) is 4.74 Å². The molecule has 0 aliphatic heterocycles. The number of pyridine rings is 1. The van der Waals surface area contributed by atoms with Crippen molar-refractivity contribution in [2.45, 2.75) is 13.3 Å². The number of nitrogens with zero attached hydrogens (tertiary/aromatic N) is 1. The molecule has 4 heteroatoms. The number of nitrogens with one attached hydrogen (secondary N) is 1. The van der Waals surface area contributed by atoms with Gasteiger partial charge in [-0.3, -0.25) is 9.78 Å². The second-order valence-electron chi connectivity index (χ2n) is 5.22. The number of ether oxygens (including phenoxy) is 1. The van der Waals surface area contributed by atoms with Gasteiger partial charge < -0.3 is 10.1 Å². The summed E-state index contributed by atoms with van der Waals surface area (Å²) in [7, 11) is 0. The molecule has 0 bridgehead atoms. The Balaban J connectivity index is 1.64. The highest BCUT2D eigenvalue weighted by Gasteiger charge is 2.07. The van der Waals surface area contributed by atoms with Gasteiger partial charge in [-0.1, -0.05) is 37.3 Å². The van der Waals surface area contributed by atoms with Crippen molar-refractivity contribution in [3.8, 4) is 5.75 Å². The molecule has 0 aliphatic carbocycles. The molecule has 1 amide bonds. The first-order valence-corrected chi connectivity index (χ1v) is 7.61. The molecular weight excluding hydrogens is 288 g/mol. The van der Waals surface area contributed by atoms with E-state index in [1.807, 2.05) is 54.6 Å². The Labute approximate surface area is 135 Å². The summed E-state index contributed by atoms with van der Waals surface area (Å²) in [6, 6.07) is 17.3. The van der Waals surface area contributed by atoms with Gasteiger partial charge in [-0.15, -0.1) is 0 Å². The highest BCUT2D eigenvalue weighted by Crippen LogP contribution is 2.20. The van der Waals surface area contributed by atoms with E-state index < -0.39 is 0 Å². The first-order valence-electron chi connectivity index (χ1n) is 7.61. The predicted octanol–water partition coefficient (Wildman–Crippen LogP) is 3.81.